The third kappa shape index (κ3) is 4.68. The molecule has 8 nitrogen and oxygen atoms in total. The van der Waals surface area contributed by atoms with Crippen LogP contribution in [0.4, 0.5) is 27.9 Å². The maximum Gasteiger partial charge on any atom is 0.419 e. The third-order valence-electron chi connectivity index (χ3n) is 5.75. The summed E-state index contributed by atoms with van der Waals surface area (Å²) in [5, 5.41) is 10.7. The molecule has 0 bridgehead atoms. The van der Waals surface area contributed by atoms with Crippen molar-refractivity contribution in [1.82, 2.24) is 29.9 Å². The summed E-state index contributed by atoms with van der Waals surface area (Å²) in [6, 6.07) is 1.64. The lowest BCUT2D eigenvalue weighted by molar-refractivity contribution is -0.138. The average Bonchev–Trinajstić information content (AvgIpc) is 3.34. The molecule has 0 unspecified atom stereocenters. The van der Waals surface area contributed by atoms with Crippen LogP contribution >= 0.6 is 0 Å². The lowest BCUT2D eigenvalue weighted by atomic mass is 9.90. The molecule has 2 atom stereocenters. The normalized spacial score (nSPS) is 18.7. The van der Waals surface area contributed by atoms with Gasteiger partial charge in [0.1, 0.15) is 11.3 Å². The molecule has 3 aromatic rings. The fourth-order valence-electron chi connectivity index (χ4n) is 3.97. The Labute approximate surface area is 190 Å². The van der Waals surface area contributed by atoms with Gasteiger partial charge in [-0.15, -0.1) is 0 Å². The second kappa shape index (κ2) is 9.31. The van der Waals surface area contributed by atoms with E-state index >= 15 is 0 Å². The second-order valence-corrected chi connectivity index (χ2v) is 7.93. The van der Waals surface area contributed by atoms with E-state index in [1.165, 1.54) is 23.4 Å². The number of alkyl halides is 3. The minimum Gasteiger partial charge on any atom is -0.352 e. The van der Waals surface area contributed by atoms with Gasteiger partial charge in [-0.05, 0) is 30.9 Å². The van der Waals surface area contributed by atoms with Crippen LogP contribution in [-0.2, 0) is 6.18 Å². The largest absolute Gasteiger partial charge is 0.419 e. The Kier molecular flexibility index (Phi) is 6.44. The van der Waals surface area contributed by atoms with E-state index in [2.05, 4.69) is 25.5 Å². The molecule has 1 aromatic carbocycles. The number of benzene rings is 1. The number of nitrogens with one attached hydrogen (secondary N) is 1. The van der Waals surface area contributed by atoms with Gasteiger partial charge in [-0.3, -0.25) is 4.79 Å². The summed E-state index contributed by atoms with van der Waals surface area (Å²) < 4.78 is 67.1. The SMILES string of the molecule is C[C@@H]1CCCN(C(=O)c2c(-n3nccn3)ccc(F)c2F)[C@@H]1CNc1ncc(C(F)(F)F)cn1. The summed E-state index contributed by atoms with van der Waals surface area (Å²) in [6.45, 7) is 2.28. The molecule has 1 fully saturated rings. The van der Waals surface area contributed by atoms with Crippen LogP contribution in [0, 0.1) is 17.6 Å². The first-order valence-electron chi connectivity index (χ1n) is 10.5. The van der Waals surface area contributed by atoms with E-state index in [9.17, 15) is 26.7 Å². The lowest BCUT2D eigenvalue weighted by Crippen LogP contribution is -2.51. The fraction of sp³-hybridized carbons (Fsp3) is 0.381. The summed E-state index contributed by atoms with van der Waals surface area (Å²) in [5.41, 5.74) is -1.49. The van der Waals surface area contributed by atoms with Crippen molar-refractivity contribution in [1.29, 1.82) is 0 Å². The fourth-order valence-corrected chi connectivity index (χ4v) is 3.97. The highest BCUT2D eigenvalue weighted by Crippen LogP contribution is 2.30. The standard InChI is InChI=1S/C21H20F5N7O/c1-12-3-2-8-32(16(12)11-29-20-27-9-13(10-28-20)21(24,25)26)19(34)17-15(33-30-6-7-31-33)5-4-14(22)18(17)23/h4-7,9-10,12,16H,2-3,8,11H2,1H3,(H,27,28,29)/t12-,16-/m1/s1. The van der Waals surface area contributed by atoms with Crippen molar-refractivity contribution in [2.24, 2.45) is 5.92 Å². The van der Waals surface area contributed by atoms with Crippen molar-refractivity contribution in [3.8, 4) is 5.69 Å². The molecule has 3 heterocycles. The summed E-state index contributed by atoms with van der Waals surface area (Å²) >= 11 is 0. The van der Waals surface area contributed by atoms with E-state index in [0.717, 1.165) is 17.3 Å². The van der Waals surface area contributed by atoms with Crippen LogP contribution < -0.4 is 5.32 Å². The predicted molar refractivity (Wildman–Crippen MR) is 110 cm³/mol. The molecule has 1 saturated heterocycles. The van der Waals surface area contributed by atoms with E-state index < -0.39 is 40.9 Å². The Bertz CT molecular complexity index is 1150. The molecule has 4 rings (SSSR count). The van der Waals surface area contributed by atoms with Gasteiger partial charge in [-0.1, -0.05) is 6.92 Å². The molecule has 0 spiro atoms. The number of aromatic nitrogens is 5. The number of piperidine rings is 1. The maximum absolute atomic E-state index is 14.8. The minimum atomic E-state index is -4.56. The number of rotatable bonds is 5. The summed E-state index contributed by atoms with van der Waals surface area (Å²) in [4.78, 5) is 23.3. The first-order valence-corrected chi connectivity index (χ1v) is 10.5. The topological polar surface area (TPSA) is 88.8 Å². The quantitative estimate of drug-likeness (QED) is 0.559. The van der Waals surface area contributed by atoms with Crippen molar-refractivity contribution in [3.05, 3.63) is 59.7 Å². The molecule has 34 heavy (non-hydrogen) atoms. The Balaban J connectivity index is 1.59. The maximum atomic E-state index is 14.8. The smallest absolute Gasteiger partial charge is 0.352 e. The van der Waals surface area contributed by atoms with Crippen LogP contribution in [0.1, 0.15) is 35.7 Å². The van der Waals surface area contributed by atoms with Crippen LogP contribution in [-0.4, -0.2) is 54.9 Å². The molecular weight excluding hydrogens is 461 g/mol. The number of nitrogens with zero attached hydrogens (tertiary/aromatic N) is 6. The molecular formula is C21H20F5N7O. The van der Waals surface area contributed by atoms with Crippen molar-refractivity contribution < 1.29 is 26.7 Å². The zero-order chi connectivity index (χ0) is 24.5. The molecule has 0 saturated carbocycles. The first-order chi connectivity index (χ1) is 16.2. The van der Waals surface area contributed by atoms with E-state index in [0.29, 0.717) is 18.8 Å². The number of anilines is 1. The van der Waals surface area contributed by atoms with Gasteiger partial charge in [0.25, 0.3) is 5.91 Å². The van der Waals surface area contributed by atoms with Crippen molar-refractivity contribution in [2.45, 2.75) is 32.0 Å². The number of carbonyl (C=O) groups is 1. The number of likely N-dealkylation sites (tertiary alicyclic amines) is 1. The Morgan fingerprint density at radius 3 is 2.47 bits per heavy atom. The van der Waals surface area contributed by atoms with Gasteiger partial charge in [0, 0.05) is 25.5 Å². The van der Waals surface area contributed by atoms with Gasteiger partial charge in [0.2, 0.25) is 5.95 Å². The number of carbonyl (C=O) groups excluding carboxylic acids is 1. The average molecular weight is 481 g/mol. The Morgan fingerprint density at radius 1 is 1.15 bits per heavy atom. The van der Waals surface area contributed by atoms with E-state index in [-0.39, 0.29) is 30.6 Å². The number of hydrogen-bond donors (Lipinski definition) is 1. The molecule has 1 aliphatic rings. The van der Waals surface area contributed by atoms with Gasteiger partial charge in [-0.2, -0.15) is 28.2 Å². The minimum absolute atomic E-state index is 0.00934. The molecule has 2 aromatic heterocycles. The van der Waals surface area contributed by atoms with Crippen molar-refractivity contribution in [2.75, 3.05) is 18.4 Å². The van der Waals surface area contributed by atoms with E-state index in [1.807, 2.05) is 6.92 Å². The van der Waals surface area contributed by atoms with Crippen LogP contribution in [0.2, 0.25) is 0 Å². The monoisotopic (exact) mass is 481 g/mol. The molecule has 1 aliphatic heterocycles. The van der Waals surface area contributed by atoms with Crippen LogP contribution in [0.5, 0.6) is 0 Å². The second-order valence-electron chi connectivity index (χ2n) is 7.93. The molecule has 180 valence electrons. The van der Waals surface area contributed by atoms with Gasteiger partial charge in [-0.25, -0.2) is 18.7 Å². The molecule has 13 heteroatoms. The summed E-state index contributed by atoms with van der Waals surface area (Å²) in [5.74, 6) is -3.32. The van der Waals surface area contributed by atoms with Gasteiger partial charge >= 0.3 is 6.18 Å². The van der Waals surface area contributed by atoms with E-state index in [4.69, 9.17) is 0 Å². The molecule has 1 N–H and O–H groups in total. The summed E-state index contributed by atoms with van der Waals surface area (Å²) in [6.07, 6.45) is 0.859. The van der Waals surface area contributed by atoms with Crippen LogP contribution in [0.25, 0.3) is 5.69 Å². The Morgan fingerprint density at radius 2 is 1.82 bits per heavy atom. The third-order valence-corrected chi connectivity index (χ3v) is 5.75. The van der Waals surface area contributed by atoms with Gasteiger partial charge in [0.15, 0.2) is 11.6 Å². The van der Waals surface area contributed by atoms with Crippen molar-refractivity contribution >= 4 is 11.9 Å². The lowest BCUT2D eigenvalue weighted by Gasteiger charge is -2.40. The van der Waals surface area contributed by atoms with E-state index in [1.54, 1.807) is 0 Å². The molecule has 0 aliphatic carbocycles. The zero-order valence-corrected chi connectivity index (χ0v) is 17.9. The molecule has 0 radical (unpaired) electrons. The first kappa shape index (κ1) is 23.5. The highest BCUT2D eigenvalue weighted by atomic mass is 19.4. The Hall–Kier alpha value is -3.64. The highest BCUT2D eigenvalue weighted by Gasteiger charge is 2.36. The predicted octanol–water partition coefficient (Wildman–Crippen LogP) is 3.71. The number of amides is 1. The highest BCUT2D eigenvalue weighted by molar-refractivity contribution is 5.98. The molecule has 1 amide bonds. The number of halogens is 5. The summed E-state index contributed by atoms with van der Waals surface area (Å²) in [7, 11) is 0. The van der Waals surface area contributed by atoms with Gasteiger partial charge in [0.05, 0.1) is 24.0 Å². The van der Waals surface area contributed by atoms with Gasteiger partial charge < -0.3 is 10.2 Å². The zero-order valence-electron chi connectivity index (χ0n) is 17.9. The van der Waals surface area contributed by atoms with Crippen molar-refractivity contribution in [3.63, 3.8) is 0 Å². The van der Waals surface area contributed by atoms with Crippen LogP contribution in [0.15, 0.2) is 36.9 Å². The van der Waals surface area contributed by atoms with Crippen LogP contribution in [0.3, 0.4) is 0 Å². The number of hydrogen-bond acceptors (Lipinski definition) is 6.